The summed E-state index contributed by atoms with van der Waals surface area (Å²) in [5.41, 5.74) is 6.47. The van der Waals surface area contributed by atoms with E-state index in [1.807, 2.05) is 0 Å². The second-order valence-corrected chi connectivity index (χ2v) is 5.64. The minimum Gasteiger partial charge on any atom is -0.106 e. The van der Waals surface area contributed by atoms with Crippen molar-refractivity contribution in [3.05, 3.63) is 78.4 Å². The van der Waals surface area contributed by atoms with Crippen LogP contribution >= 0.6 is 9.24 Å². The Morgan fingerprint density at radius 3 is 1.45 bits per heavy atom. The summed E-state index contributed by atoms with van der Waals surface area (Å²) in [7, 11) is 2.82. The molecule has 1 unspecified atom stereocenters. The average molecular weight is 276 g/mol. The number of benzene rings is 3. The van der Waals surface area contributed by atoms with Crippen LogP contribution in [0.1, 0.15) is 5.56 Å². The summed E-state index contributed by atoms with van der Waals surface area (Å²) in [6.07, 6.45) is 0. The smallest absolute Gasteiger partial charge is 0.0142 e. The van der Waals surface area contributed by atoms with E-state index in [1.54, 1.807) is 0 Å². The molecule has 0 radical (unpaired) electrons. The Balaban J connectivity index is 2.22. The van der Waals surface area contributed by atoms with Crippen molar-refractivity contribution < 1.29 is 0 Å². The number of hydrogen-bond donors (Lipinski definition) is 0. The Bertz CT molecular complexity index is 655. The van der Waals surface area contributed by atoms with Crippen molar-refractivity contribution in [3.63, 3.8) is 0 Å². The SMILES string of the molecule is Cc1c(-c2ccccc2)cc(P)cc1-c1ccccc1. The van der Waals surface area contributed by atoms with E-state index in [0.717, 1.165) is 0 Å². The molecule has 0 aliphatic rings. The monoisotopic (exact) mass is 276 g/mol. The lowest BCUT2D eigenvalue weighted by Gasteiger charge is -2.13. The highest BCUT2D eigenvalue weighted by molar-refractivity contribution is 7.27. The summed E-state index contributed by atoms with van der Waals surface area (Å²) in [5, 5.41) is 1.22. The summed E-state index contributed by atoms with van der Waals surface area (Å²) < 4.78 is 0. The average Bonchev–Trinajstić information content (AvgIpc) is 2.51. The number of rotatable bonds is 2. The van der Waals surface area contributed by atoms with Crippen LogP contribution < -0.4 is 5.30 Å². The van der Waals surface area contributed by atoms with Gasteiger partial charge in [-0.1, -0.05) is 60.7 Å². The quantitative estimate of drug-likeness (QED) is 0.588. The number of hydrogen-bond acceptors (Lipinski definition) is 0. The van der Waals surface area contributed by atoms with Gasteiger partial charge < -0.3 is 0 Å². The van der Waals surface area contributed by atoms with Crippen LogP contribution in [0, 0.1) is 6.92 Å². The van der Waals surface area contributed by atoms with Gasteiger partial charge in [0.2, 0.25) is 0 Å². The van der Waals surface area contributed by atoms with Gasteiger partial charge in [-0.2, -0.15) is 0 Å². The molecule has 0 aliphatic heterocycles. The molecule has 20 heavy (non-hydrogen) atoms. The molecule has 3 aromatic carbocycles. The molecule has 0 saturated heterocycles. The van der Waals surface area contributed by atoms with Crippen molar-refractivity contribution in [2.24, 2.45) is 0 Å². The fourth-order valence-corrected chi connectivity index (χ4v) is 2.91. The van der Waals surface area contributed by atoms with E-state index in [1.165, 1.54) is 33.1 Å². The van der Waals surface area contributed by atoms with Crippen LogP contribution in [0.5, 0.6) is 0 Å². The molecule has 0 aliphatic carbocycles. The molecule has 3 rings (SSSR count). The van der Waals surface area contributed by atoms with Crippen LogP contribution in [-0.4, -0.2) is 0 Å². The molecule has 1 atom stereocenters. The lowest BCUT2D eigenvalue weighted by molar-refractivity contribution is 1.46. The molecule has 3 aromatic rings. The van der Waals surface area contributed by atoms with Gasteiger partial charge in [-0.3, -0.25) is 0 Å². The minimum atomic E-state index is 1.22. The second kappa shape index (κ2) is 5.61. The third kappa shape index (κ3) is 2.53. The van der Waals surface area contributed by atoms with E-state index in [9.17, 15) is 0 Å². The Morgan fingerprint density at radius 2 is 1.05 bits per heavy atom. The molecule has 0 heterocycles. The summed E-state index contributed by atoms with van der Waals surface area (Å²) in [5.74, 6) is 0. The molecule has 0 nitrogen and oxygen atoms in total. The lowest BCUT2D eigenvalue weighted by Crippen LogP contribution is -1.97. The van der Waals surface area contributed by atoms with Gasteiger partial charge >= 0.3 is 0 Å². The first-order valence-corrected chi connectivity index (χ1v) is 7.34. The van der Waals surface area contributed by atoms with Crippen LogP contribution in [-0.2, 0) is 0 Å². The normalized spacial score (nSPS) is 10.5. The van der Waals surface area contributed by atoms with Crippen molar-refractivity contribution in [3.8, 4) is 22.3 Å². The van der Waals surface area contributed by atoms with Gasteiger partial charge in [0.15, 0.2) is 0 Å². The zero-order valence-electron chi connectivity index (χ0n) is 11.5. The van der Waals surface area contributed by atoms with Crippen molar-refractivity contribution in [2.75, 3.05) is 0 Å². The molecule has 0 fully saturated rings. The summed E-state index contributed by atoms with van der Waals surface area (Å²) in [6.45, 7) is 2.20. The van der Waals surface area contributed by atoms with E-state index >= 15 is 0 Å². The van der Waals surface area contributed by atoms with Crippen molar-refractivity contribution >= 4 is 14.5 Å². The first kappa shape index (κ1) is 13.1. The molecule has 0 saturated carbocycles. The minimum absolute atomic E-state index is 1.22. The molecule has 0 N–H and O–H groups in total. The van der Waals surface area contributed by atoms with Gasteiger partial charge in [0.25, 0.3) is 0 Å². The maximum absolute atomic E-state index is 2.82. The van der Waals surface area contributed by atoms with Crippen molar-refractivity contribution in [2.45, 2.75) is 6.92 Å². The van der Waals surface area contributed by atoms with Gasteiger partial charge in [-0.05, 0) is 52.2 Å². The van der Waals surface area contributed by atoms with E-state index < -0.39 is 0 Å². The molecular weight excluding hydrogens is 259 g/mol. The Morgan fingerprint density at radius 1 is 0.650 bits per heavy atom. The highest BCUT2D eigenvalue weighted by Crippen LogP contribution is 2.31. The fourth-order valence-electron chi connectivity index (χ4n) is 2.57. The zero-order valence-corrected chi connectivity index (χ0v) is 12.7. The molecule has 1 heteroatoms. The van der Waals surface area contributed by atoms with E-state index in [2.05, 4.69) is 89.0 Å². The first-order chi connectivity index (χ1) is 9.75. The third-order valence-corrected chi connectivity index (χ3v) is 3.93. The fraction of sp³-hybridized carbons (Fsp3) is 0.0526. The highest BCUT2D eigenvalue weighted by Gasteiger charge is 2.09. The topological polar surface area (TPSA) is 0 Å². The summed E-state index contributed by atoms with van der Waals surface area (Å²) in [4.78, 5) is 0. The van der Waals surface area contributed by atoms with Crippen LogP contribution in [0.3, 0.4) is 0 Å². The molecule has 98 valence electrons. The first-order valence-electron chi connectivity index (χ1n) is 6.76. The third-order valence-electron chi connectivity index (χ3n) is 3.60. The summed E-state index contributed by atoms with van der Waals surface area (Å²) in [6, 6.07) is 25.6. The van der Waals surface area contributed by atoms with Gasteiger partial charge in [0, 0.05) is 0 Å². The Labute approximate surface area is 122 Å². The molecule has 0 bridgehead atoms. The van der Waals surface area contributed by atoms with E-state index in [0.29, 0.717) is 0 Å². The molecule has 0 spiro atoms. The van der Waals surface area contributed by atoms with Gasteiger partial charge in [0.1, 0.15) is 0 Å². The van der Waals surface area contributed by atoms with Gasteiger partial charge in [-0.25, -0.2) is 0 Å². The maximum Gasteiger partial charge on any atom is -0.0142 e. The van der Waals surface area contributed by atoms with E-state index in [4.69, 9.17) is 0 Å². The van der Waals surface area contributed by atoms with E-state index in [-0.39, 0.29) is 0 Å². The van der Waals surface area contributed by atoms with Gasteiger partial charge in [-0.15, -0.1) is 9.24 Å². The molecule has 0 aromatic heterocycles. The summed E-state index contributed by atoms with van der Waals surface area (Å²) >= 11 is 0. The predicted molar refractivity (Wildman–Crippen MR) is 91.4 cm³/mol. The van der Waals surface area contributed by atoms with Crippen LogP contribution in [0.15, 0.2) is 72.8 Å². The van der Waals surface area contributed by atoms with Crippen LogP contribution in [0.2, 0.25) is 0 Å². The Hall–Kier alpha value is -1.91. The molecule has 0 amide bonds. The second-order valence-electron chi connectivity index (χ2n) is 4.97. The Kier molecular flexibility index (Phi) is 3.67. The predicted octanol–water partition coefficient (Wildman–Crippen LogP) is 4.83. The van der Waals surface area contributed by atoms with Gasteiger partial charge in [0.05, 0.1) is 0 Å². The molecular formula is C19H17P. The van der Waals surface area contributed by atoms with Crippen LogP contribution in [0.4, 0.5) is 0 Å². The standard InChI is InChI=1S/C19H17P/c1-14-18(15-8-4-2-5-9-15)12-17(20)13-19(14)16-10-6-3-7-11-16/h2-13H,20H2,1H3. The maximum atomic E-state index is 2.82. The largest absolute Gasteiger partial charge is 0.106 e. The zero-order chi connectivity index (χ0) is 13.9. The lowest BCUT2D eigenvalue weighted by atomic mass is 9.93. The highest BCUT2D eigenvalue weighted by atomic mass is 31.0. The van der Waals surface area contributed by atoms with Crippen LogP contribution in [0.25, 0.3) is 22.3 Å². The van der Waals surface area contributed by atoms with Crippen molar-refractivity contribution in [1.82, 2.24) is 0 Å². The van der Waals surface area contributed by atoms with Crippen molar-refractivity contribution in [1.29, 1.82) is 0 Å².